The van der Waals surface area contributed by atoms with Crippen molar-refractivity contribution >= 4 is 11.4 Å². The number of hydrogen-bond acceptors (Lipinski definition) is 3. The monoisotopic (exact) mass is 270 g/mol. The van der Waals surface area contributed by atoms with Gasteiger partial charge in [0.25, 0.3) is 0 Å². The highest BCUT2D eigenvalue weighted by atomic mass is 16.3. The molecule has 0 aliphatic rings. The number of benzene rings is 2. The summed E-state index contributed by atoms with van der Waals surface area (Å²) in [5.41, 5.74) is 5.30. The van der Waals surface area contributed by atoms with E-state index in [1.165, 1.54) is 11.3 Å². The Labute approximate surface area is 120 Å². The number of phenols is 1. The predicted octanol–water partition coefficient (Wildman–Crippen LogP) is 3.69. The van der Waals surface area contributed by atoms with Gasteiger partial charge in [0, 0.05) is 32.0 Å². The zero-order valence-electron chi connectivity index (χ0n) is 12.6. The van der Waals surface area contributed by atoms with Crippen LogP contribution in [0.15, 0.2) is 36.4 Å². The van der Waals surface area contributed by atoms with Crippen LogP contribution in [0.2, 0.25) is 0 Å². The Balaban J connectivity index is 2.05. The van der Waals surface area contributed by atoms with Crippen LogP contribution in [0.25, 0.3) is 0 Å². The highest BCUT2D eigenvalue weighted by molar-refractivity contribution is 5.54. The van der Waals surface area contributed by atoms with Crippen LogP contribution >= 0.6 is 0 Å². The lowest BCUT2D eigenvalue weighted by molar-refractivity contribution is 0.466. The molecule has 2 rings (SSSR count). The van der Waals surface area contributed by atoms with Gasteiger partial charge in [0.05, 0.1) is 0 Å². The van der Waals surface area contributed by atoms with Gasteiger partial charge in [-0.3, -0.25) is 0 Å². The van der Waals surface area contributed by atoms with Gasteiger partial charge in [-0.1, -0.05) is 12.1 Å². The zero-order chi connectivity index (χ0) is 14.7. The molecule has 0 saturated carbocycles. The smallest absolute Gasteiger partial charge is 0.121 e. The molecule has 0 aliphatic carbocycles. The summed E-state index contributed by atoms with van der Waals surface area (Å²) in [7, 11) is 4.06. The van der Waals surface area contributed by atoms with Crippen LogP contribution in [0.3, 0.4) is 0 Å². The second-order valence-corrected chi connectivity index (χ2v) is 5.37. The number of anilines is 2. The standard InChI is InChI=1S/C17H22N2O/c1-12-9-14(10-13(2)17(12)20)11-18-15-5-7-16(8-6-15)19(3)4/h5-10,18,20H,11H2,1-4H3. The summed E-state index contributed by atoms with van der Waals surface area (Å²) in [6.45, 7) is 4.61. The van der Waals surface area contributed by atoms with Crippen LogP contribution in [0.4, 0.5) is 11.4 Å². The topological polar surface area (TPSA) is 35.5 Å². The van der Waals surface area contributed by atoms with Gasteiger partial charge < -0.3 is 15.3 Å². The molecule has 0 unspecified atom stereocenters. The Kier molecular flexibility index (Phi) is 4.18. The van der Waals surface area contributed by atoms with Crippen molar-refractivity contribution in [2.45, 2.75) is 20.4 Å². The highest BCUT2D eigenvalue weighted by Crippen LogP contribution is 2.23. The summed E-state index contributed by atoms with van der Waals surface area (Å²) in [6, 6.07) is 12.4. The largest absolute Gasteiger partial charge is 0.507 e. The van der Waals surface area contributed by atoms with Crippen LogP contribution in [-0.4, -0.2) is 19.2 Å². The molecule has 3 heteroatoms. The molecular formula is C17H22N2O. The Hall–Kier alpha value is -2.16. The van der Waals surface area contributed by atoms with E-state index in [0.717, 1.165) is 23.4 Å². The van der Waals surface area contributed by atoms with E-state index >= 15 is 0 Å². The average molecular weight is 270 g/mol. The fourth-order valence-corrected chi connectivity index (χ4v) is 2.23. The van der Waals surface area contributed by atoms with Gasteiger partial charge in [0.15, 0.2) is 0 Å². The average Bonchev–Trinajstić information content (AvgIpc) is 2.42. The number of hydrogen-bond donors (Lipinski definition) is 2. The summed E-state index contributed by atoms with van der Waals surface area (Å²) in [5, 5.41) is 13.2. The molecule has 0 atom stereocenters. The second kappa shape index (κ2) is 5.87. The minimum absolute atomic E-state index is 0.393. The molecule has 3 nitrogen and oxygen atoms in total. The van der Waals surface area contributed by atoms with E-state index in [2.05, 4.69) is 34.5 Å². The van der Waals surface area contributed by atoms with Crippen LogP contribution in [-0.2, 0) is 6.54 Å². The highest BCUT2D eigenvalue weighted by Gasteiger charge is 2.03. The lowest BCUT2D eigenvalue weighted by Crippen LogP contribution is -2.08. The lowest BCUT2D eigenvalue weighted by atomic mass is 10.1. The van der Waals surface area contributed by atoms with E-state index in [-0.39, 0.29) is 0 Å². The summed E-state index contributed by atoms with van der Waals surface area (Å²) in [4.78, 5) is 2.08. The van der Waals surface area contributed by atoms with Crippen molar-refractivity contribution < 1.29 is 5.11 Å². The minimum atomic E-state index is 0.393. The van der Waals surface area contributed by atoms with E-state index in [9.17, 15) is 5.11 Å². The maximum atomic E-state index is 9.77. The molecule has 2 N–H and O–H groups in total. The van der Waals surface area contributed by atoms with Gasteiger partial charge in [-0.25, -0.2) is 0 Å². The summed E-state index contributed by atoms with van der Waals surface area (Å²) in [6.07, 6.45) is 0. The van der Waals surface area contributed by atoms with Gasteiger partial charge in [0.2, 0.25) is 0 Å². The number of nitrogens with one attached hydrogen (secondary N) is 1. The first-order chi connectivity index (χ1) is 9.47. The van der Waals surface area contributed by atoms with Crippen molar-refractivity contribution in [3.05, 3.63) is 53.1 Å². The molecule has 2 aromatic rings. The van der Waals surface area contributed by atoms with Gasteiger partial charge in [-0.15, -0.1) is 0 Å². The molecule has 0 aromatic heterocycles. The Morgan fingerprint density at radius 3 is 2.05 bits per heavy atom. The van der Waals surface area contributed by atoms with E-state index in [4.69, 9.17) is 0 Å². The van der Waals surface area contributed by atoms with E-state index in [1.807, 2.05) is 40.1 Å². The van der Waals surface area contributed by atoms with E-state index < -0.39 is 0 Å². The molecule has 0 saturated heterocycles. The molecule has 20 heavy (non-hydrogen) atoms. The van der Waals surface area contributed by atoms with Gasteiger partial charge in [0.1, 0.15) is 5.75 Å². The molecule has 0 spiro atoms. The number of phenolic OH excluding ortho intramolecular Hbond substituents is 1. The van der Waals surface area contributed by atoms with Crippen LogP contribution in [0.1, 0.15) is 16.7 Å². The third-order valence-corrected chi connectivity index (χ3v) is 3.43. The molecule has 0 heterocycles. The summed E-state index contributed by atoms with van der Waals surface area (Å²) < 4.78 is 0. The van der Waals surface area contributed by atoms with Crippen molar-refractivity contribution in [2.75, 3.05) is 24.3 Å². The van der Waals surface area contributed by atoms with Crippen molar-refractivity contribution in [2.24, 2.45) is 0 Å². The molecule has 0 radical (unpaired) electrons. The Bertz CT molecular complexity index is 565. The third kappa shape index (κ3) is 3.23. The van der Waals surface area contributed by atoms with Crippen molar-refractivity contribution in [1.82, 2.24) is 0 Å². The summed E-state index contributed by atoms with van der Waals surface area (Å²) in [5.74, 6) is 0.393. The molecule has 106 valence electrons. The molecule has 0 fully saturated rings. The molecule has 0 amide bonds. The quantitative estimate of drug-likeness (QED) is 0.889. The van der Waals surface area contributed by atoms with Crippen LogP contribution < -0.4 is 10.2 Å². The lowest BCUT2D eigenvalue weighted by Gasteiger charge is -2.14. The SMILES string of the molecule is Cc1cc(CNc2ccc(N(C)C)cc2)cc(C)c1O. The maximum absolute atomic E-state index is 9.77. The number of aryl methyl sites for hydroxylation is 2. The first-order valence-electron chi connectivity index (χ1n) is 6.77. The Morgan fingerprint density at radius 1 is 1.00 bits per heavy atom. The van der Waals surface area contributed by atoms with E-state index in [1.54, 1.807) is 0 Å². The third-order valence-electron chi connectivity index (χ3n) is 3.43. The first-order valence-corrected chi connectivity index (χ1v) is 6.77. The second-order valence-electron chi connectivity index (χ2n) is 5.37. The van der Waals surface area contributed by atoms with Gasteiger partial charge >= 0.3 is 0 Å². The molecule has 0 bridgehead atoms. The number of nitrogens with zero attached hydrogens (tertiary/aromatic N) is 1. The van der Waals surface area contributed by atoms with Crippen molar-refractivity contribution in [3.63, 3.8) is 0 Å². The van der Waals surface area contributed by atoms with E-state index in [0.29, 0.717) is 5.75 Å². The van der Waals surface area contributed by atoms with Gasteiger partial charge in [-0.2, -0.15) is 0 Å². The van der Waals surface area contributed by atoms with Crippen LogP contribution in [0, 0.1) is 13.8 Å². The van der Waals surface area contributed by atoms with Crippen LogP contribution in [0.5, 0.6) is 5.75 Å². The minimum Gasteiger partial charge on any atom is -0.507 e. The maximum Gasteiger partial charge on any atom is 0.121 e. The Morgan fingerprint density at radius 2 is 1.55 bits per heavy atom. The first kappa shape index (κ1) is 14.3. The number of rotatable bonds is 4. The zero-order valence-corrected chi connectivity index (χ0v) is 12.6. The fraction of sp³-hybridized carbons (Fsp3) is 0.294. The molecular weight excluding hydrogens is 248 g/mol. The normalized spacial score (nSPS) is 10.4. The fourth-order valence-electron chi connectivity index (χ4n) is 2.23. The summed E-state index contributed by atoms with van der Waals surface area (Å²) >= 11 is 0. The van der Waals surface area contributed by atoms with Gasteiger partial charge in [-0.05, 0) is 54.8 Å². The molecule has 0 aliphatic heterocycles. The molecule has 2 aromatic carbocycles. The van der Waals surface area contributed by atoms with Crippen molar-refractivity contribution in [3.8, 4) is 5.75 Å². The van der Waals surface area contributed by atoms with Crippen molar-refractivity contribution in [1.29, 1.82) is 0 Å². The number of aromatic hydroxyl groups is 1. The predicted molar refractivity (Wildman–Crippen MR) is 85.7 cm³/mol.